The zero-order chi connectivity index (χ0) is 11.2. The van der Waals surface area contributed by atoms with Gasteiger partial charge in [0.1, 0.15) is 13.6 Å². The van der Waals surface area contributed by atoms with Crippen molar-refractivity contribution in [1.82, 2.24) is 0 Å². The van der Waals surface area contributed by atoms with Crippen LogP contribution < -0.4 is 0 Å². The average Bonchev–Trinajstić information content (AvgIpc) is 2.02. The first kappa shape index (κ1) is 13.3. The summed E-state index contributed by atoms with van der Waals surface area (Å²) in [5, 5.41) is 0. The molecule has 0 aromatic rings. The highest BCUT2D eigenvalue weighted by Gasteiger charge is 2.20. The lowest BCUT2D eigenvalue weighted by atomic mass is 10.2. The van der Waals surface area contributed by atoms with Gasteiger partial charge in [-0.05, 0) is 6.42 Å². The number of halogens is 4. The lowest BCUT2D eigenvalue weighted by molar-refractivity contribution is -0.512. The Morgan fingerprint density at radius 1 is 1.21 bits per heavy atom. The van der Waals surface area contributed by atoms with Crippen LogP contribution >= 0.6 is 0 Å². The maximum Gasteiger partial charge on any atom is 0.673 e. The number of hydrogen-bond donors (Lipinski definition) is 0. The van der Waals surface area contributed by atoms with E-state index in [-0.39, 0.29) is 0 Å². The molecule has 0 saturated heterocycles. The lowest BCUT2D eigenvalue weighted by Crippen LogP contribution is -2.24. The highest BCUT2D eigenvalue weighted by atomic mass is 19.5. The maximum atomic E-state index is 9.75. The second-order valence-electron chi connectivity index (χ2n) is 2.97. The molecular weight excluding hydrogens is 201 g/mol. The van der Waals surface area contributed by atoms with E-state index in [9.17, 15) is 17.3 Å². The minimum atomic E-state index is -6.00. The van der Waals surface area contributed by atoms with Gasteiger partial charge in [-0.15, -0.1) is 0 Å². The van der Waals surface area contributed by atoms with Gasteiger partial charge in [-0.1, -0.05) is 0 Å². The second kappa shape index (κ2) is 5.88. The summed E-state index contributed by atoms with van der Waals surface area (Å²) in [6.07, 6.45) is 3.71. The SMILES string of the molecule is COC1=[N+](C)CCCC1.F[B-](F)(F)F. The summed E-state index contributed by atoms with van der Waals surface area (Å²) in [6, 6.07) is 0. The molecule has 84 valence electrons. The fourth-order valence-electron chi connectivity index (χ4n) is 1.20. The Bertz CT molecular complexity index is 198. The van der Waals surface area contributed by atoms with Crippen molar-refractivity contribution in [2.75, 3.05) is 20.7 Å². The monoisotopic (exact) mass is 215 g/mol. The Morgan fingerprint density at radius 3 is 2.00 bits per heavy atom. The molecule has 0 aliphatic carbocycles. The summed E-state index contributed by atoms with van der Waals surface area (Å²) >= 11 is 0. The highest BCUT2D eigenvalue weighted by molar-refractivity contribution is 6.50. The smallest absolute Gasteiger partial charge is 0.451 e. The predicted molar refractivity (Wildman–Crippen MR) is 47.1 cm³/mol. The Labute approximate surface area is 80.7 Å². The number of methoxy groups -OCH3 is 1. The van der Waals surface area contributed by atoms with Crippen LogP contribution in [0.15, 0.2) is 0 Å². The molecule has 1 aliphatic rings. The molecule has 0 radical (unpaired) electrons. The number of ether oxygens (including phenoxy) is 1. The first-order valence-corrected chi connectivity index (χ1v) is 4.33. The van der Waals surface area contributed by atoms with Crippen LogP contribution in [0.1, 0.15) is 19.3 Å². The van der Waals surface area contributed by atoms with Gasteiger partial charge in [0.15, 0.2) is 0 Å². The van der Waals surface area contributed by atoms with Crippen molar-refractivity contribution >= 4 is 13.2 Å². The Morgan fingerprint density at radius 2 is 1.71 bits per heavy atom. The van der Waals surface area contributed by atoms with Gasteiger partial charge in [-0.3, -0.25) is 0 Å². The normalized spacial score (nSPS) is 17.3. The molecule has 7 heteroatoms. The lowest BCUT2D eigenvalue weighted by Gasteiger charge is -2.09. The summed E-state index contributed by atoms with van der Waals surface area (Å²) in [5.74, 6) is 1.14. The first-order valence-electron chi connectivity index (χ1n) is 4.33. The van der Waals surface area contributed by atoms with Crippen molar-refractivity contribution in [3.63, 3.8) is 0 Å². The molecule has 0 atom stereocenters. The molecule has 0 unspecified atom stereocenters. The van der Waals surface area contributed by atoms with E-state index in [1.54, 1.807) is 7.11 Å². The molecule has 1 heterocycles. The van der Waals surface area contributed by atoms with E-state index >= 15 is 0 Å². The molecule has 0 aromatic heterocycles. The topological polar surface area (TPSA) is 12.2 Å². The van der Waals surface area contributed by atoms with Crippen molar-refractivity contribution in [3.05, 3.63) is 0 Å². The minimum absolute atomic E-state index is 1.12. The van der Waals surface area contributed by atoms with E-state index in [4.69, 9.17) is 4.74 Å². The number of rotatable bonds is 0. The van der Waals surface area contributed by atoms with Gasteiger partial charge in [0, 0.05) is 6.42 Å². The molecule has 2 nitrogen and oxygen atoms in total. The van der Waals surface area contributed by atoms with Crippen LogP contribution in [0.25, 0.3) is 0 Å². The van der Waals surface area contributed by atoms with Crippen molar-refractivity contribution in [2.24, 2.45) is 0 Å². The van der Waals surface area contributed by atoms with Crippen LogP contribution in [0.4, 0.5) is 17.3 Å². The van der Waals surface area contributed by atoms with Crippen LogP contribution in [-0.2, 0) is 4.74 Å². The van der Waals surface area contributed by atoms with E-state index < -0.39 is 7.25 Å². The maximum absolute atomic E-state index is 9.75. The fraction of sp³-hybridized carbons (Fsp3) is 0.857. The summed E-state index contributed by atoms with van der Waals surface area (Å²) in [7, 11) is -2.17. The van der Waals surface area contributed by atoms with Gasteiger partial charge in [0.05, 0.1) is 13.5 Å². The van der Waals surface area contributed by atoms with E-state index in [1.165, 1.54) is 12.8 Å². The van der Waals surface area contributed by atoms with E-state index in [1.807, 2.05) is 0 Å². The Hall–Kier alpha value is -0.745. The molecule has 0 aromatic carbocycles. The van der Waals surface area contributed by atoms with Gasteiger partial charge in [-0.25, -0.2) is 4.58 Å². The number of nitrogens with zero attached hydrogens (tertiary/aromatic N) is 1. The van der Waals surface area contributed by atoms with Gasteiger partial charge in [0.25, 0.3) is 0 Å². The minimum Gasteiger partial charge on any atom is -0.451 e. The Balaban J connectivity index is 0.000000292. The van der Waals surface area contributed by atoms with Crippen molar-refractivity contribution < 1.29 is 26.6 Å². The molecule has 1 rings (SSSR count). The molecule has 1 aliphatic heterocycles. The third-order valence-electron chi connectivity index (χ3n) is 1.80. The Kier molecular flexibility index (Phi) is 5.56. The molecular formula is C7H14BF4NO. The quantitative estimate of drug-likeness (QED) is 0.342. The van der Waals surface area contributed by atoms with Gasteiger partial charge < -0.3 is 22.0 Å². The van der Waals surface area contributed by atoms with Crippen molar-refractivity contribution in [3.8, 4) is 0 Å². The molecule has 0 fully saturated rings. The number of hydrogen-bond acceptors (Lipinski definition) is 1. The van der Waals surface area contributed by atoms with E-state index in [2.05, 4.69) is 11.6 Å². The molecule has 0 saturated carbocycles. The third kappa shape index (κ3) is 7.88. The molecule has 0 N–H and O–H groups in total. The summed E-state index contributed by atoms with van der Waals surface area (Å²) < 4.78 is 46.3. The van der Waals surface area contributed by atoms with E-state index in [0.29, 0.717) is 0 Å². The zero-order valence-corrected chi connectivity index (χ0v) is 8.27. The first-order chi connectivity index (χ1) is 6.34. The van der Waals surface area contributed by atoms with E-state index in [0.717, 1.165) is 18.9 Å². The summed E-state index contributed by atoms with van der Waals surface area (Å²) in [4.78, 5) is 0. The van der Waals surface area contributed by atoms with Crippen molar-refractivity contribution in [2.45, 2.75) is 19.3 Å². The van der Waals surface area contributed by atoms with Crippen LogP contribution in [0.3, 0.4) is 0 Å². The summed E-state index contributed by atoms with van der Waals surface area (Å²) in [6.45, 7) is 1.16. The fourth-order valence-corrected chi connectivity index (χ4v) is 1.20. The van der Waals surface area contributed by atoms with Crippen LogP contribution in [0.2, 0.25) is 0 Å². The second-order valence-corrected chi connectivity index (χ2v) is 2.97. The van der Waals surface area contributed by atoms with Crippen LogP contribution in [0, 0.1) is 0 Å². The van der Waals surface area contributed by atoms with Gasteiger partial charge in [0.2, 0.25) is 0 Å². The molecule has 0 spiro atoms. The molecule has 0 amide bonds. The highest BCUT2D eigenvalue weighted by Crippen LogP contribution is 2.06. The third-order valence-corrected chi connectivity index (χ3v) is 1.80. The van der Waals surface area contributed by atoms with Gasteiger partial charge >= 0.3 is 13.2 Å². The zero-order valence-electron chi connectivity index (χ0n) is 8.27. The largest absolute Gasteiger partial charge is 0.673 e. The molecule has 0 bridgehead atoms. The average molecular weight is 215 g/mol. The van der Waals surface area contributed by atoms with Crippen molar-refractivity contribution in [1.29, 1.82) is 0 Å². The molecule has 14 heavy (non-hydrogen) atoms. The standard InChI is InChI=1S/C7H14NO.BF4/c1-8-6-4-3-5-7(8)9-2;2-1(3,4)5/h3-6H2,1-2H3;/q+1;-1. The van der Waals surface area contributed by atoms with Gasteiger partial charge in [-0.2, -0.15) is 0 Å². The summed E-state index contributed by atoms with van der Waals surface area (Å²) in [5.41, 5.74) is 0. The predicted octanol–water partition coefficient (Wildman–Crippen LogP) is 2.16. The van der Waals surface area contributed by atoms with Crippen LogP contribution in [-0.4, -0.2) is 38.4 Å². The van der Waals surface area contributed by atoms with Crippen LogP contribution in [0.5, 0.6) is 0 Å².